The Morgan fingerprint density at radius 3 is 2.64 bits per heavy atom. The summed E-state index contributed by atoms with van der Waals surface area (Å²) in [7, 11) is 1.57. The van der Waals surface area contributed by atoms with E-state index in [-0.39, 0.29) is 11.8 Å². The Hall–Kier alpha value is -2.55. The van der Waals surface area contributed by atoms with Crippen molar-refractivity contribution < 1.29 is 19.1 Å². The number of aromatic nitrogens is 1. The van der Waals surface area contributed by atoms with Gasteiger partial charge in [-0.15, -0.1) is 0 Å². The maximum atomic E-state index is 11.2. The van der Waals surface area contributed by atoms with Gasteiger partial charge in [-0.25, -0.2) is 4.98 Å². The van der Waals surface area contributed by atoms with Crippen molar-refractivity contribution in [2.45, 2.75) is 50.9 Å². The molecule has 0 radical (unpaired) electrons. The van der Waals surface area contributed by atoms with Gasteiger partial charge in [-0.2, -0.15) is 5.26 Å². The van der Waals surface area contributed by atoms with Gasteiger partial charge in [-0.1, -0.05) is 19.9 Å². The Kier molecular flexibility index (Phi) is 4.42. The number of hydrogen-bond donors (Lipinski definition) is 1. The van der Waals surface area contributed by atoms with Crippen molar-refractivity contribution in [2.24, 2.45) is 5.92 Å². The van der Waals surface area contributed by atoms with E-state index in [9.17, 15) is 15.2 Å². The number of fused-ring (bicyclic) bond motifs is 1. The maximum Gasteiger partial charge on any atom is 0.306 e. The van der Waals surface area contributed by atoms with Gasteiger partial charge in [-0.05, 0) is 31.7 Å². The summed E-state index contributed by atoms with van der Waals surface area (Å²) in [5, 5.41) is 19.2. The van der Waals surface area contributed by atoms with Crippen LogP contribution in [-0.4, -0.2) is 23.2 Å². The predicted molar refractivity (Wildman–Crippen MR) is 91.5 cm³/mol. The van der Waals surface area contributed by atoms with Crippen LogP contribution < -0.4 is 4.74 Å². The molecule has 0 amide bonds. The van der Waals surface area contributed by atoms with E-state index in [1.165, 1.54) is 0 Å². The van der Waals surface area contributed by atoms with Crippen molar-refractivity contribution in [3.63, 3.8) is 0 Å². The zero-order valence-corrected chi connectivity index (χ0v) is 14.7. The summed E-state index contributed by atoms with van der Waals surface area (Å²) in [6.45, 7) is 3.99. The fourth-order valence-electron chi connectivity index (χ4n) is 3.59. The van der Waals surface area contributed by atoms with Crippen LogP contribution in [0.2, 0.25) is 0 Å². The Bertz CT molecular complexity index is 839. The van der Waals surface area contributed by atoms with E-state index in [2.05, 4.69) is 11.1 Å². The lowest BCUT2D eigenvalue weighted by molar-refractivity contribution is -0.143. The van der Waals surface area contributed by atoms with Crippen LogP contribution in [0.15, 0.2) is 16.5 Å². The van der Waals surface area contributed by atoms with Crippen molar-refractivity contribution in [3.8, 4) is 11.8 Å². The van der Waals surface area contributed by atoms with Crippen molar-refractivity contribution in [3.05, 3.63) is 23.6 Å². The molecule has 1 aromatic heterocycles. The van der Waals surface area contributed by atoms with Gasteiger partial charge in [0.1, 0.15) is 5.52 Å². The number of benzene rings is 1. The summed E-state index contributed by atoms with van der Waals surface area (Å²) in [4.78, 5) is 15.9. The van der Waals surface area contributed by atoms with Crippen molar-refractivity contribution in [1.82, 2.24) is 4.98 Å². The smallest absolute Gasteiger partial charge is 0.306 e. The van der Waals surface area contributed by atoms with Gasteiger partial charge >= 0.3 is 5.97 Å². The highest BCUT2D eigenvalue weighted by molar-refractivity contribution is 5.84. The largest absolute Gasteiger partial charge is 0.493 e. The molecule has 0 aliphatic heterocycles. The average molecular weight is 342 g/mol. The molecule has 6 heteroatoms. The first-order valence-corrected chi connectivity index (χ1v) is 8.54. The maximum absolute atomic E-state index is 11.2. The molecule has 0 bridgehead atoms. The molecular formula is C19H22N2O4. The topological polar surface area (TPSA) is 96.3 Å². The van der Waals surface area contributed by atoms with Crippen LogP contribution in [0.5, 0.6) is 5.75 Å². The van der Waals surface area contributed by atoms with Gasteiger partial charge in [0, 0.05) is 11.5 Å². The number of nitrogens with zero attached hydrogens (tertiary/aromatic N) is 2. The van der Waals surface area contributed by atoms with Crippen LogP contribution in [0, 0.1) is 17.2 Å². The highest BCUT2D eigenvalue weighted by Crippen LogP contribution is 2.45. The number of oxazole rings is 1. The molecule has 1 heterocycles. The van der Waals surface area contributed by atoms with Gasteiger partial charge < -0.3 is 14.3 Å². The predicted octanol–water partition coefficient (Wildman–Crippen LogP) is 4.00. The number of hydrogen-bond acceptors (Lipinski definition) is 5. The van der Waals surface area contributed by atoms with Crippen LogP contribution in [0.3, 0.4) is 0 Å². The van der Waals surface area contributed by atoms with Crippen LogP contribution in [0.1, 0.15) is 56.9 Å². The molecule has 1 aliphatic carbocycles. The van der Waals surface area contributed by atoms with E-state index in [1.54, 1.807) is 13.2 Å². The molecule has 6 nitrogen and oxygen atoms in total. The number of rotatable bonds is 4. The quantitative estimate of drug-likeness (QED) is 0.902. The van der Waals surface area contributed by atoms with Crippen molar-refractivity contribution in [1.29, 1.82) is 5.26 Å². The third kappa shape index (κ3) is 2.84. The fourth-order valence-corrected chi connectivity index (χ4v) is 3.59. The molecule has 0 saturated heterocycles. The summed E-state index contributed by atoms with van der Waals surface area (Å²) < 4.78 is 11.3. The Balaban J connectivity index is 2.11. The summed E-state index contributed by atoms with van der Waals surface area (Å²) in [6, 6.07) is 6.12. The molecule has 0 unspecified atom stereocenters. The number of aliphatic carboxylic acids is 1. The third-order valence-electron chi connectivity index (χ3n) is 5.16. The lowest BCUT2D eigenvalue weighted by atomic mass is 9.67. The molecule has 1 N–H and O–H groups in total. The minimum atomic E-state index is -0.782. The van der Waals surface area contributed by atoms with E-state index in [0.717, 1.165) is 5.56 Å². The van der Waals surface area contributed by atoms with Crippen LogP contribution in [0.4, 0.5) is 0 Å². The normalized spacial score (nSPS) is 23.6. The molecular weight excluding hydrogens is 320 g/mol. The third-order valence-corrected chi connectivity index (χ3v) is 5.16. The SMILES string of the molecule is COc1ccc([C@]2(C#N)CC[C@H](C(=O)O)CC2)c2nc(C(C)C)oc12. The molecule has 1 saturated carbocycles. The number of ether oxygens (including phenoxy) is 1. The summed E-state index contributed by atoms with van der Waals surface area (Å²) >= 11 is 0. The Morgan fingerprint density at radius 2 is 2.12 bits per heavy atom. The monoisotopic (exact) mass is 342 g/mol. The van der Waals surface area contributed by atoms with Crippen LogP contribution in [-0.2, 0) is 10.2 Å². The molecule has 25 heavy (non-hydrogen) atoms. The standard InChI is InChI=1S/C19H22N2O4/c1-11(2)17-21-15-13(4-5-14(24-3)16(15)25-17)19(10-20)8-6-12(7-9-19)18(22)23/h4-5,11-12H,6-9H2,1-3H3,(H,22,23)/t12-,19+. The summed E-state index contributed by atoms with van der Waals surface area (Å²) in [5.74, 6) is 0.151. The van der Waals surface area contributed by atoms with Crippen LogP contribution in [0.25, 0.3) is 11.1 Å². The minimum absolute atomic E-state index is 0.116. The zero-order chi connectivity index (χ0) is 18.2. The first-order chi connectivity index (χ1) is 11.9. The van der Waals surface area contributed by atoms with E-state index in [4.69, 9.17) is 9.15 Å². The van der Waals surface area contributed by atoms with Crippen molar-refractivity contribution >= 4 is 17.1 Å². The second-order valence-corrected chi connectivity index (χ2v) is 7.01. The molecule has 0 spiro atoms. The second-order valence-electron chi connectivity index (χ2n) is 7.01. The molecule has 0 atom stereocenters. The highest BCUT2D eigenvalue weighted by atomic mass is 16.5. The first kappa shape index (κ1) is 17.3. The van der Waals surface area contributed by atoms with E-state index < -0.39 is 11.4 Å². The molecule has 3 rings (SSSR count). The molecule has 1 fully saturated rings. The minimum Gasteiger partial charge on any atom is -0.493 e. The van der Waals surface area contributed by atoms with Crippen molar-refractivity contribution in [2.75, 3.05) is 7.11 Å². The lowest BCUT2D eigenvalue weighted by Gasteiger charge is -2.33. The first-order valence-electron chi connectivity index (χ1n) is 8.54. The molecule has 1 aromatic carbocycles. The summed E-state index contributed by atoms with van der Waals surface area (Å²) in [6.07, 6.45) is 1.99. The Morgan fingerprint density at radius 1 is 1.44 bits per heavy atom. The zero-order valence-electron chi connectivity index (χ0n) is 14.7. The number of carboxylic acids is 1. The number of nitriles is 1. The van der Waals surface area contributed by atoms with E-state index >= 15 is 0 Å². The fraction of sp³-hybridized carbons (Fsp3) is 0.526. The van der Waals surface area contributed by atoms with Gasteiger partial charge in [0.05, 0.1) is 24.5 Å². The van der Waals surface area contributed by atoms with E-state index in [0.29, 0.717) is 48.4 Å². The van der Waals surface area contributed by atoms with Gasteiger partial charge in [-0.3, -0.25) is 4.79 Å². The van der Waals surface area contributed by atoms with Gasteiger partial charge in [0.15, 0.2) is 17.2 Å². The molecule has 132 valence electrons. The number of carboxylic acid groups (broad SMARTS) is 1. The Labute approximate surface area is 146 Å². The van der Waals surface area contributed by atoms with Gasteiger partial charge in [0.25, 0.3) is 0 Å². The number of methoxy groups -OCH3 is 1. The molecule has 1 aliphatic rings. The average Bonchev–Trinajstić information content (AvgIpc) is 3.06. The second kappa shape index (κ2) is 6.40. The summed E-state index contributed by atoms with van der Waals surface area (Å²) in [5.41, 5.74) is 1.28. The lowest BCUT2D eigenvalue weighted by Crippen LogP contribution is -2.33. The highest BCUT2D eigenvalue weighted by Gasteiger charge is 2.41. The van der Waals surface area contributed by atoms with Crippen LogP contribution >= 0.6 is 0 Å². The number of carbonyl (C=O) groups is 1. The van der Waals surface area contributed by atoms with E-state index in [1.807, 2.05) is 19.9 Å². The van der Waals surface area contributed by atoms with Gasteiger partial charge in [0.2, 0.25) is 0 Å². The molecule has 2 aromatic rings.